The van der Waals surface area contributed by atoms with Gasteiger partial charge in [0.25, 0.3) is 0 Å². The molecule has 0 N–H and O–H groups in total. The quantitative estimate of drug-likeness (QED) is 0.345. The van der Waals surface area contributed by atoms with Gasteiger partial charge in [0.15, 0.2) is 11.5 Å². The first-order valence-corrected chi connectivity index (χ1v) is 13.5. The summed E-state index contributed by atoms with van der Waals surface area (Å²) >= 11 is 1.72. The third kappa shape index (κ3) is 3.66. The molecule has 180 valence electrons. The first kappa shape index (κ1) is 21.5. The molecule has 7 nitrogen and oxygen atoms in total. The Bertz CT molecular complexity index is 1550. The minimum absolute atomic E-state index is 0.182. The maximum absolute atomic E-state index is 6.06. The van der Waals surface area contributed by atoms with E-state index < -0.39 is 0 Å². The highest BCUT2D eigenvalue weighted by atomic mass is 32.1. The fourth-order valence-electron chi connectivity index (χ4n) is 5.70. The molecule has 0 bridgehead atoms. The molecule has 2 aliphatic rings. The van der Waals surface area contributed by atoms with Crippen molar-refractivity contribution in [2.75, 3.05) is 19.6 Å². The standard InChI is InChI=1S/C27H30N6OS/c1-27(2)14-19-22(16-34-27)35-26-23(19)25-29-24(30-33(25)17-28-26)20-15-32(21-9-5-4-8-18(20)21)13-12-31-10-6-3-7-11-31/h4-5,8-9,15,17H,3,6-7,10-14,16H2,1-2H3. The number of aromatic nitrogens is 5. The molecule has 0 radical (unpaired) electrons. The predicted octanol–water partition coefficient (Wildman–Crippen LogP) is 5.30. The van der Waals surface area contributed by atoms with Crippen LogP contribution in [0.1, 0.15) is 43.6 Å². The van der Waals surface area contributed by atoms with Crippen molar-refractivity contribution in [3.05, 3.63) is 47.2 Å². The highest BCUT2D eigenvalue weighted by Crippen LogP contribution is 2.40. The smallest absolute Gasteiger partial charge is 0.184 e. The number of para-hydroxylation sites is 1. The number of piperidine rings is 1. The number of ether oxygens (including phenoxy) is 1. The SMILES string of the molecule is CC1(C)Cc2c(sc3ncn4nc(-c5cn(CCN6CCCCC6)c6ccccc56)nc4c23)CO1. The molecule has 0 unspecified atom stereocenters. The molecule has 0 aliphatic carbocycles. The van der Waals surface area contributed by atoms with Crippen molar-refractivity contribution in [1.82, 2.24) is 29.0 Å². The van der Waals surface area contributed by atoms with Gasteiger partial charge in [-0.25, -0.2) is 14.5 Å². The van der Waals surface area contributed by atoms with E-state index in [4.69, 9.17) is 19.8 Å². The number of nitrogens with zero attached hydrogens (tertiary/aromatic N) is 6. The molecule has 6 heterocycles. The van der Waals surface area contributed by atoms with Crippen molar-refractivity contribution >= 4 is 38.1 Å². The van der Waals surface area contributed by atoms with Crippen molar-refractivity contribution in [1.29, 1.82) is 0 Å². The van der Waals surface area contributed by atoms with Gasteiger partial charge in [-0.15, -0.1) is 16.4 Å². The second kappa shape index (κ2) is 8.11. The summed E-state index contributed by atoms with van der Waals surface area (Å²) in [5.74, 6) is 0.762. The summed E-state index contributed by atoms with van der Waals surface area (Å²) in [5.41, 5.74) is 4.36. The molecule has 8 heteroatoms. The van der Waals surface area contributed by atoms with Gasteiger partial charge in [-0.1, -0.05) is 24.6 Å². The minimum atomic E-state index is -0.182. The highest BCUT2D eigenvalue weighted by Gasteiger charge is 2.31. The second-order valence-corrected chi connectivity index (χ2v) is 11.6. The monoisotopic (exact) mass is 486 g/mol. The second-order valence-electron chi connectivity index (χ2n) is 10.5. The Kier molecular flexibility index (Phi) is 4.98. The molecule has 0 atom stereocenters. The molecule has 1 aromatic carbocycles. The van der Waals surface area contributed by atoms with Crippen LogP contribution in [-0.4, -0.2) is 54.3 Å². The van der Waals surface area contributed by atoms with E-state index in [9.17, 15) is 0 Å². The van der Waals surface area contributed by atoms with Gasteiger partial charge in [0.2, 0.25) is 0 Å². The Morgan fingerprint density at radius 2 is 1.94 bits per heavy atom. The van der Waals surface area contributed by atoms with Crippen molar-refractivity contribution in [3.8, 4) is 11.4 Å². The number of fused-ring (bicyclic) bond motifs is 6. The Hall–Kier alpha value is -2.81. The lowest BCUT2D eigenvalue weighted by Gasteiger charge is -2.30. The number of likely N-dealkylation sites (tertiary alicyclic amines) is 1. The summed E-state index contributed by atoms with van der Waals surface area (Å²) in [5, 5.41) is 7.24. The zero-order chi connectivity index (χ0) is 23.6. The van der Waals surface area contributed by atoms with Gasteiger partial charge in [0.1, 0.15) is 11.2 Å². The van der Waals surface area contributed by atoms with Crippen LogP contribution in [0.2, 0.25) is 0 Å². The Labute approximate surface area is 208 Å². The molecule has 0 amide bonds. The van der Waals surface area contributed by atoms with E-state index in [1.165, 1.54) is 53.7 Å². The van der Waals surface area contributed by atoms with Crippen LogP contribution in [-0.2, 0) is 24.3 Å². The van der Waals surface area contributed by atoms with Crippen LogP contribution >= 0.6 is 11.3 Å². The van der Waals surface area contributed by atoms with Crippen LogP contribution in [0.25, 0.3) is 38.2 Å². The van der Waals surface area contributed by atoms with E-state index in [0.29, 0.717) is 6.61 Å². The van der Waals surface area contributed by atoms with Crippen LogP contribution in [0.4, 0.5) is 0 Å². The zero-order valence-electron chi connectivity index (χ0n) is 20.3. The van der Waals surface area contributed by atoms with Crippen LogP contribution in [0.3, 0.4) is 0 Å². The first-order valence-electron chi connectivity index (χ1n) is 12.7. The number of thiophene rings is 1. The lowest BCUT2D eigenvalue weighted by atomic mass is 9.94. The van der Waals surface area contributed by atoms with Crippen LogP contribution < -0.4 is 0 Å². The Morgan fingerprint density at radius 3 is 2.83 bits per heavy atom. The molecule has 0 saturated carbocycles. The van der Waals surface area contributed by atoms with E-state index in [0.717, 1.165) is 46.8 Å². The van der Waals surface area contributed by atoms with Crippen LogP contribution in [0.15, 0.2) is 36.8 Å². The van der Waals surface area contributed by atoms with E-state index in [1.807, 2.05) is 4.52 Å². The van der Waals surface area contributed by atoms with Gasteiger partial charge in [-0.05, 0) is 51.4 Å². The topological polar surface area (TPSA) is 60.5 Å². The summed E-state index contributed by atoms with van der Waals surface area (Å²) in [6.07, 6.45) is 8.92. The summed E-state index contributed by atoms with van der Waals surface area (Å²) in [6.45, 7) is 9.45. The molecule has 1 saturated heterocycles. The molecular formula is C27H30N6OS. The Balaban J connectivity index is 1.32. The number of benzene rings is 1. The van der Waals surface area contributed by atoms with E-state index in [2.05, 4.69) is 53.8 Å². The third-order valence-corrected chi connectivity index (χ3v) is 8.66. The number of hydrogen-bond donors (Lipinski definition) is 0. The number of hydrogen-bond acceptors (Lipinski definition) is 6. The van der Waals surface area contributed by atoms with Gasteiger partial charge in [0, 0.05) is 47.1 Å². The van der Waals surface area contributed by atoms with Crippen molar-refractivity contribution < 1.29 is 4.74 Å². The lowest BCUT2D eigenvalue weighted by molar-refractivity contribution is -0.0379. The van der Waals surface area contributed by atoms with Gasteiger partial charge < -0.3 is 14.2 Å². The summed E-state index contributed by atoms with van der Waals surface area (Å²) in [4.78, 5) is 14.7. The lowest BCUT2D eigenvalue weighted by Crippen LogP contribution is -2.32. The Morgan fingerprint density at radius 1 is 1.09 bits per heavy atom. The first-order chi connectivity index (χ1) is 17.1. The molecule has 1 fully saturated rings. The molecule has 35 heavy (non-hydrogen) atoms. The molecule has 7 rings (SSSR count). The molecule has 5 aromatic rings. The zero-order valence-corrected chi connectivity index (χ0v) is 21.1. The van der Waals surface area contributed by atoms with E-state index in [1.54, 1.807) is 17.7 Å². The molecule has 2 aliphatic heterocycles. The van der Waals surface area contributed by atoms with E-state index in [-0.39, 0.29) is 5.60 Å². The highest BCUT2D eigenvalue weighted by molar-refractivity contribution is 7.19. The van der Waals surface area contributed by atoms with E-state index >= 15 is 0 Å². The van der Waals surface area contributed by atoms with Gasteiger partial charge in [0.05, 0.1) is 17.6 Å². The van der Waals surface area contributed by atoms with Crippen LogP contribution in [0.5, 0.6) is 0 Å². The van der Waals surface area contributed by atoms with Crippen LogP contribution in [0, 0.1) is 0 Å². The third-order valence-electron chi connectivity index (χ3n) is 7.54. The van der Waals surface area contributed by atoms with Gasteiger partial charge >= 0.3 is 0 Å². The fourth-order valence-corrected chi connectivity index (χ4v) is 6.76. The molecule has 4 aromatic heterocycles. The maximum Gasteiger partial charge on any atom is 0.184 e. The van der Waals surface area contributed by atoms with Gasteiger partial charge in [-0.2, -0.15) is 0 Å². The van der Waals surface area contributed by atoms with Gasteiger partial charge in [-0.3, -0.25) is 0 Å². The number of rotatable bonds is 4. The molecular weight excluding hydrogens is 456 g/mol. The minimum Gasteiger partial charge on any atom is -0.370 e. The van der Waals surface area contributed by atoms with Crippen molar-refractivity contribution in [3.63, 3.8) is 0 Å². The average Bonchev–Trinajstić information content (AvgIpc) is 3.55. The summed E-state index contributed by atoms with van der Waals surface area (Å²) < 4.78 is 10.3. The normalized spacial score (nSPS) is 18.6. The summed E-state index contributed by atoms with van der Waals surface area (Å²) in [6, 6.07) is 8.62. The maximum atomic E-state index is 6.06. The largest absolute Gasteiger partial charge is 0.370 e. The summed E-state index contributed by atoms with van der Waals surface area (Å²) in [7, 11) is 0. The van der Waals surface area contributed by atoms with Crippen molar-refractivity contribution in [2.45, 2.75) is 58.3 Å². The predicted molar refractivity (Wildman–Crippen MR) is 140 cm³/mol. The average molecular weight is 487 g/mol. The fraction of sp³-hybridized carbons (Fsp3) is 0.444. The molecule has 0 spiro atoms. The van der Waals surface area contributed by atoms with Crippen molar-refractivity contribution in [2.24, 2.45) is 0 Å².